The number of fused-ring (bicyclic) bond motifs is 5. The second-order valence-electron chi connectivity index (χ2n) is 17.0. The molecule has 0 spiro atoms. The molecule has 4 aliphatic rings. The number of hydrogen-bond acceptors (Lipinski definition) is 14. The average Bonchev–Trinajstić information content (AvgIpc) is 3.20. The van der Waals surface area contributed by atoms with E-state index in [0.717, 1.165) is 13.8 Å². The number of carbonyl (C=O) groups excluding carboxylic acids is 6. The van der Waals surface area contributed by atoms with Gasteiger partial charge in [-0.2, -0.15) is 0 Å². The van der Waals surface area contributed by atoms with E-state index in [1.54, 1.807) is 82.3 Å². The summed E-state index contributed by atoms with van der Waals surface area (Å²) < 4.78 is 30.2. The van der Waals surface area contributed by atoms with Crippen LogP contribution < -0.4 is 5.32 Å². The van der Waals surface area contributed by atoms with Crippen molar-refractivity contribution in [2.45, 2.75) is 122 Å². The first-order valence-electron chi connectivity index (χ1n) is 19.9. The number of rotatable bonds is 10. The molecule has 3 fully saturated rings. The van der Waals surface area contributed by atoms with Crippen molar-refractivity contribution >= 4 is 35.6 Å². The van der Waals surface area contributed by atoms with E-state index in [2.05, 4.69) is 5.32 Å². The number of amides is 1. The smallest absolute Gasteiger partial charge is 0.338 e. The Morgan fingerprint density at radius 1 is 0.917 bits per heavy atom. The third-order valence-corrected chi connectivity index (χ3v) is 13.2. The zero-order chi connectivity index (χ0) is 44.1. The topological polar surface area (TPSA) is 221 Å². The molecule has 1 amide bonds. The van der Waals surface area contributed by atoms with Crippen LogP contribution in [0, 0.1) is 16.7 Å². The maximum absolute atomic E-state index is 15.4. The minimum atomic E-state index is -2.38. The van der Waals surface area contributed by atoms with Gasteiger partial charge in [0.15, 0.2) is 23.6 Å². The molecule has 1 aliphatic heterocycles. The van der Waals surface area contributed by atoms with Gasteiger partial charge >= 0.3 is 23.9 Å². The van der Waals surface area contributed by atoms with Gasteiger partial charge in [-0.15, -0.1) is 0 Å². The highest BCUT2D eigenvalue weighted by Crippen LogP contribution is 2.64. The highest BCUT2D eigenvalue weighted by molar-refractivity contribution is 5.96. The van der Waals surface area contributed by atoms with Gasteiger partial charge in [0.1, 0.15) is 23.9 Å². The minimum Gasteiger partial charge on any atom is -0.456 e. The average molecular weight is 832 g/mol. The van der Waals surface area contributed by atoms with E-state index in [-0.39, 0.29) is 29.7 Å². The number of hydrogen-bond donors (Lipinski definition) is 4. The fourth-order valence-corrected chi connectivity index (χ4v) is 9.75. The Bertz CT molecular complexity index is 2110. The monoisotopic (exact) mass is 831 g/mol. The number of esters is 4. The molecule has 2 saturated carbocycles. The summed E-state index contributed by atoms with van der Waals surface area (Å²) in [4.78, 5) is 82.9. The third-order valence-electron chi connectivity index (χ3n) is 13.2. The Balaban J connectivity index is 1.56. The number of aliphatic hydroxyl groups is 3. The van der Waals surface area contributed by atoms with Crippen molar-refractivity contribution in [2.75, 3.05) is 6.61 Å². The maximum Gasteiger partial charge on any atom is 0.338 e. The van der Waals surface area contributed by atoms with Gasteiger partial charge < -0.3 is 44.3 Å². The van der Waals surface area contributed by atoms with Crippen molar-refractivity contribution in [1.29, 1.82) is 0 Å². The number of benzene rings is 2. The van der Waals surface area contributed by atoms with E-state index < -0.39 is 113 Å². The zero-order valence-electron chi connectivity index (χ0n) is 34.9. The second-order valence-corrected chi connectivity index (χ2v) is 17.0. The van der Waals surface area contributed by atoms with Crippen LogP contribution in [0.1, 0.15) is 90.2 Å². The SMILES string of the molecule is CC=C(C)C(=O)N[C@@H](c1ccccc1)[C@@H](O)C(=O)OC1C[C@@]2(O)[C@@H](OC(=O)c3ccccc3)[C@@H]3[C@]4(OC(C)=O)CO[C@@H]4C[C@H](O)[C@@]3(C)C(=O)[C@H](OC(C)=O)C(=C1C)C2(C)C. The molecule has 11 atom stereocenters. The molecule has 1 unspecified atom stereocenters. The molecule has 15 nitrogen and oxygen atoms in total. The Kier molecular flexibility index (Phi) is 12.1. The van der Waals surface area contributed by atoms with Crippen LogP contribution in [-0.4, -0.2) is 105 Å². The van der Waals surface area contributed by atoms with Crippen LogP contribution in [0.4, 0.5) is 0 Å². The van der Waals surface area contributed by atoms with Gasteiger partial charge in [-0.3, -0.25) is 19.2 Å². The summed E-state index contributed by atoms with van der Waals surface area (Å²) in [6, 6.07) is 14.8. The van der Waals surface area contributed by atoms with E-state index in [1.165, 1.54) is 26.0 Å². The molecule has 2 aromatic carbocycles. The summed E-state index contributed by atoms with van der Waals surface area (Å²) in [7, 11) is 0. The van der Waals surface area contributed by atoms with E-state index in [1.807, 2.05) is 0 Å². The number of allylic oxidation sites excluding steroid dienone is 1. The second kappa shape index (κ2) is 16.3. The minimum absolute atomic E-state index is 0.00140. The highest BCUT2D eigenvalue weighted by atomic mass is 16.6. The van der Waals surface area contributed by atoms with Crippen molar-refractivity contribution in [3.8, 4) is 0 Å². The number of carbonyl (C=O) groups is 6. The number of Topliss-reactive ketones (excluding diaryl/α,β-unsaturated/α-hetero) is 1. The third kappa shape index (κ3) is 7.24. The first kappa shape index (κ1) is 44.3. The fraction of sp³-hybridized carbons (Fsp3) is 0.511. The molecular formula is C45H53NO14. The van der Waals surface area contributed by atoms with Gasteiger partial charge in [0.2, 0.25) is 5.91 Å². The lowest BCUT2D eigenvalue weighted by molar-refractivity contribution is -0.346. The Morgan fingerprint density at radius 3 is 2.08 bits per heavy atom. The molecule has 322 valence electrons. The molecule has 1 heterocycles. The zero-order valence-corrected chi connectivity index (χ0v) is 34.9. The van der Waals surface area contributed by atoms with Crippen LogP contribution >= 0.6 is 0 Å². The van der Waals surface area contributed by atoms with Crippen LogP contribution in [-0.2, 0) is 47.7 Å². The van der Waals surface area contributed by atoms with Gasteiger partial charge in [-0.05, 0) is 56.5 Å². The lowest BCUT2D eigenvalue weighted by atomic mass is 9.44. The van der Waals surface area contributed by atoms with Crippen LogP contribution in [0.5, 0.6) is 0 Å². The predicted octanol–water partition coefficient (Wildman–Crippen LogP) is 3.39. The Hall–Kier alpha value is -5.22. The lowest BCUT2D eigenvalue weighted by Gasteiger charge is -2.67. The fourth-order valence-electron chi connectivity index (χ4n) is 9.75. The maximum atomic E-state index is 15.4. The van der Waals surface area contributed by atoms with Crippen molar-refractivity contribution in [3.63, 3.8) is 0 Å². The predicted molar refractivity (Wildman–Crippen MR) is 211 cm³/mol. The molecule has 3 aliphatic carbocycles. The normalized spacial score (nSPS) is 32.9. The van der Waals surface area contributed by atoms with E-state index in [0.29, 0.717) is 11.1 Å². The van der Waals surface area contributed by atoms with Crippen molar-refractivity contribution in [3.05, 3.63) is 94.6 Å². The first-order chi connectivity index (χ1) is 28.1. The molecular weight excluding hydrogens is 778 g/mol. The van der Waals surface area contributed by atoms with E-state index >= 15 is 4.79 Å². The highest BCUT2D eigenvalue weighted by Gasteiger charge is 2.78. The summed E-state index contributed by atoms with van der Waals surface area (Å²) in [6.07, 6.45) is -8.88. The molecule has 2 aromatic rings. The number of ketones is 1. The first-order valence-corrected chi connectivity index (χ1v) is 19.9. The molecule has 1 saturated heterocycles. The summed E-state index contributed by atoms with van der Waals surface area (Å²) in [5.41, 5.74) is -6.91. The molecule has 0 radical (unpaired) electrons. The van der Waals surface area contributed by atoms with Crippen LogP contribution in [0.3, 0.4) is 0 Å². The standard InChI is InChI=1S/C45H53NO14/c1-9-23(2)39(52)46-33(27-16-12-10-13-17-27)34(50)41(54)58-29-21-45(55)38(59-40(53)28-18-14-11-15-19-28)36-43(8,30(49)20-31-44(36,22-56-31)60-26(5)48)37(51)35(57-25(4)47)32(24(29)3)42(45,6)7/h9-19,29-31,33-36,38,49-50,55H,20-22H2,1-8H3,(H,46,52)/t29?,30-,31+,33-,34+,35+,36-,38-,43+,44-,45+/m0/s1. The van der Waals surface area contributed by atoms with Gasteiger partial charge in [0, 0.05) is 37.7 Å². The quantitative estimate of drug-likeness (QED) is 0.117. The van der Waals surface area contributed by atoms with E-state index in [9.17, 15) is 39.3 Å². The number of aliphatic hydroxyl groups excluding tert-OH is 2. The Labute approximate surface area is 348 Å². The van der Waals surface area contributed by atoms with Crippen molar-refractivity contribution in [1.82, 2.24) is 5.32 Å². The molecule has 4 N–H and O–H groups in total. The van der Waals surface area contributed by atoms with Gasteiger partial charge in [-0.1, -0.05) is 68.5 Å². The van der Waals surface area contributed by atoms with Gasteiger partial charge in [-0.25, -0.2) is 9.59 Å². The largest absolute Gasteiger partial charge is 0.456 e. The molecule has 0 aromatic heterocycles. The molecule has 2 bridgehead atoms. The van der Waals surface area contributed by atoms with Crippen LogP contribution in [0.25, 0.3) is 0 Å². The van der Waals surface area contributed by atoms with Crippen LogP contribution in [0.15, 0.2) is 83.5 Å². The van der Waals surface area contributed by atoms with Crippen molar-refractivity contribution in [2.24, 2.45) is 16.7 Å². The van der Waals surface area contributed by atoms with Crippen molar-refractivity contribution < 1.29 is 67.8 Å². The molecule has 60 heavy (non-hydrogen) atoms. The summed E-state index contributed by atoms with van der Waals surface area (Å²) in [5, 5.41) is 40.0. The van der Waals surface area contributed by atoms with E-state index in [4.69, 9.17) is 23.7 Å². The summed E-state index contributed by atoms with van der Waals surface area (Å²) in [6.45, 7) is 11.2. The number of nitrogens with one attached hydrogen (secondary N) is 1. The van der Waals surface area contributed by atoms with Gasteiger partial charge in [0.05, 0.1) is 35.6 Å². The summed E-state index contributed by atoms with van der Waals surface area (Å²) >= 11 is 0. The van der Waals surface area contributed by atoms with Gasteiger partial charge in [0.25, 0.3) is 0 Å². The number of ether oxygens (including phenoxy) is 5. The lowest BCUT2D eigenvalue weighted by Crippen LogP contribution is -2.82. The molecule has 6 rings (SSSR count). The van der Waals surface area contributed by atoms with Crippen LogP contribution in [0.2, 0.25) is 0 Å². The molecule has 15 heteroatoms. The Morgan fingerprint density at radius 2 is 1.53 bits per heavy atom. The summed E-state index contributed by atoms with van der Waals surface area (Å²) in [5.74, 6) is -6.78.